The van der Waals surface area contributed by atoms with Crippen molar-refractivity contribution in [2.45, 2.75) is 45.6 Å². The molecule has 1 heterocycles. The number of aromatic nitrogens is 2. The third-order valence-corrected chi connectivity index (χ3v) is 7.18. The normalized spacial score (nSPS) is 13.6. The zero-order chi connectivity index (χ0) is 29.1. The quantitative estimate of drug-likeness (QED) is 0.324. The molecule has 1 atom stereocenters. The predicted molar refractivity (Wildman–Crippen MR) is 150 cm³/mol. The first-order chi connectivity index (χ1) is 19.0. The lowest BCUT2D eigenvalue weighted by atomic mass is 10.0. The molecule has 1 saturated carbocycles. The number of carbonyl (C=O) groups excluding carboxylic acids is 2. The number of hydrogen-bond donors (Lipinski definition) is 2. The first kappa shape index (κ1) is 28.7. The van der Waals surface area contributed by atoms with Gasteiger partial charge < -0.3 is 20.7 Å². The Morgan fingerprint density at radius 1 is 1.23 bits per heavy atom. The molecular formula is C30H33F2N5O3. The Hall–Kier alpha value is -4.34. The van der Waals surface area contributed by atoms with Crippen LogP contribution in [-0.4, -0.2) is 46.4 Å². The van der Waals surface area contributed by atoms with Crippen LogP contribution in [0.15, 0.2) is 49.3 Å². The Morgan fingerprint density at radius 3 is 2.58 bits per heavy atom. The van der Waals surface area contributed by atoms with E-state index < -0.39 is 17.5 Å². The van der Waals surface area contributed by atoms with E-state index in [1.165, 1.54) is 35.5 Å². The first-order valence-electron chi connectivity index (χ1n) is 13.1. The van der Waals surface area contributed by atoms with Crippen molar-refractivity contribution in [3.05, 3.63) is 77.6 Å². The number of halogens is 2. The van der Waals surface area contributed by atoms with Gasteiger partial charge in [0.05, 0.1) is 11.6 Å². The van der Waals surface area contributed by atoms with Gasteiger partial charge in [-0.05, 0) is 73.1 Å². The second-order valence-corrected chi connectivity index (χ2v) is 10.3. The number of anilines is 2. The summed E-state index contributed by atoms with van der Waals surface area (Å²) in [4.78, 5) is 35.0. The molecule has 10 heteroatoms. The summed E-state index contributed by atoms with van der Waals surface area (Å²) in [7, 11) is 1.65. The van der Waals surface area contributed by atoms with Gasteiger partial charge in [0.1, 0.15) is 30.3 Å². The maximum Gasteiger partial charge on any atom is 0.258 e. The number of nitrogens with two attached hydrogens (primary N) is 1. The number of benzene rings is 2. The maximum atomic E-state index is 14.9. The lowest BCUT2D eigenvalue weighted by molar-refractivity contribution is -0.128. The van der Waals surface area contributed by atoms with Crippen LogP contribution in [-0.2, 0) is 4.79 Å². The average Bonchev–Trinajstić information content (AvgIpc) is 3.76. The van der Waals surface area contributed by atoms with Gasteiger partial charge >= 0.3 is 0 Å². The molecule has 0 radical (unpaired) electrons. The van der Waals surface area contributed by atoms with E-state index in [-0.39, 0.29) is 53.0 Å². The summed E-state index contributed by atoms with van der Waals surface area (Å²) in [6, 6.07) is 6.65. The van der Waals surface area contributed by atoms with Crippen molar-refractivity contribution in [3.63, 3.8) is 0 Å². The molecule has 2 amide bonds. The highest BCUT2D eigenvalue weighted by atomic mass is 19.1. The summed E-state index contributed by atoms with van der Waals surface area (Å²) >= 11 is 0. The van der Waals surface area contributed by atoms with E-state index >= 15 is 0 Å². The third kappa shape index (κ3) is 6.11. The Kier molecular flexibility index (Phi) is 8.46. The Balaban J connectivity index is 1.64. The van der Waals surface area contributed by atoms with Crippen LogP contribution in [0.5, 0.6) is 5.75 Å². The molecule has 1 fully saturated rings. The molecule has 1 aliphatic rings. The molecule has 1 unspecified atom stereocenters. The molecule has 1 aromatic heterocycles. The minimum Gasteiger partial charge on any atom is -0.485 e. The second kappa shape index (κ2) is 11.8. The lowest BCUT2D eigenvalue weighted by Gasteiger charge is -2.30. The van der Waals surface area contributed by atoms with Crippen molar-refractivity contribution in [1.82, 2.24) is 14.9 Å². The van der Waals surface area contributed by atoms with E-state index in [2.05, 4.69) is 21.9 Å². The third-order valence-electron chi connectivity index (χ3n) is 7.18. The molecule has 40 heavy (non-hydrogen) atoms. The SMILES string of the molecule is C=CC(=O)N(C)C(COc1c(N)ncnc1-c1cc(F)cc(NC(=O)c2ccc(C3CC3)cc2F)c1C)C(C)C. The smallest absolute Gasteiger partial charge is 0.258 e. The summed E-state index contributed by atoms with van der Waals surface area (Å²) < 4.78 is 35.7. The van der Waals surface area contributed by atoms with Crippen LogP contribution in [0.2, 0.25) is 0 Å². The topological polar surface area (TPSA) is 110 Å². The van der Waals surface area contributed by atoms with Gasteiger partial charge in [-0.2, -0.15) is 0 Å². The van der Waals surface area contributed by atoms with Gasteiger partial charge in [0, 0.05) is 18.3 Å². The fourth-order valence-corrected chi connectivity index (χ4v) is 4.58. The molecule has 0 spiro atoms. The van der Waals surface area contributed by atoms with Crippen molar-refractivity contribution in [2.75, 3.05) is 24.7 Å². The van der Waals surface area contributed by atoms with E-state index in [4.69, 9.17) is 10.5 Å². The molecule has 210 valence electrons. The Bertz CT molecular complexity index is 1460. The minimum absolute atomic E-state index is 0.0253. The number of nitrogens with zero attached hydrogens (tertiary/aromatic N) is 3. The number of rotatable bonds is 10. The number of carbonyl (C=O) groups is 2. The summed E-state index contributed by atoms with van der Waals surface area (Å²) in [6.45, 7) is 9.16. The number of ether oxygens (including phenoxy) is 1. The molecule has 2 aromatic carbocycles. The monoisotopic (exact) mass is 549 g/mol. The molecule has 4 rings (SSSR count). The van der Waals surface area contributed by atoms with Crippen LogP contribution in [0.4, 0.5) is 20.3 Å². The van der Waals surface area contributed by atoms with E-state index in [1.54, 1.807) is 20.0 Å². The number of nitrogen functional groups attached to an aromatic ring is 1. The van der Waals surface area contributed by atoms with Gasteiger partial charge in [0.15, 0.2) is 11.6 Å². The van der Waals surface area contributed by atoms with Crippen LogP contribution in [0.1, 0.15) is 54.1 Å². The molecule has 0 aliphatic heterocycles. The van der Waals surface area contributed by atoms with Gasteiger partial charge in [-0.3, -0.25) is 9.59 Å². The van der Waals surface area contributed by atoms with E-state index in [1.807, 2.05) is 13.8 Å². The number of likely N-dealkylation sites (N-methyl/N-ethyl adjacent to an activating group) is 1. The summed E-state index contributed by atoms with van der Waals surface area (Å²) in [5.74, 6) is -1.74. The second-order valence-electron chi connectivity index (χ2n) is 10.3. The molecule has 0 bridgehead atoms. The molecular weight excluding hydrogens is 516 g/mol. The number of hydrogen-bond acceptors (Lipinski definition) is 6. The van der Waals surface area contributed by atoms with Crippen LogP contribution < -0.4 is 15.8 Å². The van der Waals surface area contributed by atoms with Gasteiger partial charge in [-0.15, -0.1) is 0 Å². The zero-order valence-corrected chi connectivity index (χ0v) is 23.0. The molecule has 8 nitrogen and oxygen atoms in total. The first-order valence-corrected chi connectivity index (χ1v) is 13.1. The van der Waals surface area contributed by atoms with Crippen molar-refractivity contribution in [2.24, 2.45) is 5.92 Å². The molecule has 3 N–H and O–H groups in total. The van der Waals surface area contributed by atoms with E-state index in [9.17, 15) is 18.4 Å². The summed E-state index contributed by atoms with van der Waals surface area (Å²) in [5, 5.41) is 2.63. The molecule has 3 aromatic rings. The fraction of sp³-hybridized carbons (Fsp3) is 0.333. The van der Waals surface area contributed by atoms with Crippen molar-refractivity contribution < 1.29 is 23.1 Å². The van der Waals surface area contributed by atoms with Gasteiger partial charge in [0.25, 0.3) is 5.91 Å². The average molecular weight is 550 g/mol. The predicted octanol–water partition coefficient (Wildman–Crippen LogP) is 5.49. The number of amides is 2. The minimum atomic E-state index is -0.701. The van der Waals surface area contributed by atoms with Crippen molar-refractivity contribution in [3.8, 4) is 17.0 Å². The van der Waals surface area contributed by atoms with Gasteiger partial charge in [0.2, 0.25) is 5.91 Å². The van der Waals surface area contributed by atoms with Gasteiger partial charge in [-0.1, -0.05) is 26.5 Å². The summed E-state index contributed by atoms with van der Waals surface area (Å²) in [6.07, 6.45) is 4.47. The molecule has 1 aliphatic carbocycles. The highest BCUT2D eigenvalue weighted by Crippen LogP contribution is 2.41. The Morgan fingerprint density at radius 2 is 1.95 bits per heavy atom. The van der Waals surface area contributed by atoms with Crippen molar-refractivity contribution >= 4 is 23.3 Å². The van der Waals surface area contributed by atoms with Crippen LogP contribution in [0.25, 0.3) is 11.3 Å². The van der Waals surface area contributed by atoms with Crippen LogP contribution in [0, 0.1) is 24.5 Å². The van der Waals surface area contributed by atoms with E-state index in [0.717, 1.165) is 24.5 Å². The largest absolute Gasteiger partial charge is 0.485 e. The van der Waals surface area contributed by atoms with Crippen molar-refractivity contribution in [1.29, 1.82) is 0 Å². The highest BCUT2D eigenvalue weighted by molar-refractivity contribution is 6.05. The Labute approximate surface area is 232 Å². The van der Waals surface area contributed by atoms with Crippen LogP contribution in [0.3, 0.4) is 0 Å². The highest BCUT2D eigenvalue weighted by Gasteiger charge is 2.27. The van der Waals surface area contributed by atoms with Gasteiger partial charge in [-0.25, -0.2) is 18.7 Å². The molecule has 0 saturated heterocycles. The standard InChI is InChI=1S/C30H33F2N5O3/c1-6-26(38)37(5)25(16(2)3)14-40-28-27(34-15-35-29(28)33)22-12-20(31)13-24(17(22)4)36-30(39)21-10-9-19(11-23(21)32)18-7-8-18/h6,9-13,15-16,18,25H,1,7-8,14H2,2-5H3,(H,36,39)(H2,33,34,35). The number of nitrogens with one attached hydrogen (secondary N) is 1. The van der Waals surface area contributed by atoms with E-state index in [0.29, 0.717) is 17.0 Å². The zero-order valence-electron chi connectivity index (χ0n) is 23.0. The fourth-order valence-electron chi connectivity index (χ4n) is 4.58. The lowest BCUT2D eigenvalue weighted by Crippen LogP contribution is -2.43. The maximum absolute atomic E-state index is 14.9. The van der Waals surface area contributed by atoms with Crippen LogP contribution >= 0.6 is 0 Å². The summed E-state index contributed by atoms with van der Waals surface area (Å²) in [5.41, 5.74) is 8.00.